The van der Waals surface area contributed by atoms with Crippen molar-refractivity contribution in [3.05, 3.63) is 35.4 Å². The average Bonchev–Trinajstić information content (AvgIpc) is 3.16. The second-order valence-corrected chi connectivity index (χ2v) is 6.72. The van der Waals surface area contributed by atoms with Crippen LogP contribution in [0.3, 0.4) is 0 Å². The van der Waals surface area contributed by atoms with Crippen molar-refractivity contribution in [3.63, 3.8) is 0 Å². The number of carbonyl (C=O) groups is 2. The molecule has 132 valence electrons. The van der Waals surface area contributed by atoms with Gasteiger partial charge in [-0.3, -0.25) is 9.59 Å². The summed E-state index contributed by atoms with van der Waals surface area (Å²) in [7, 11) is 0. The Kier molecular flexibility index (Phi) is 6.24. The number of benzene rings is 1. The molecule has 2 amide bonds. The molecule has 2 aliphatic rings. The highest BCUT2D eigenvalue weighted by Gasteiger charge is 2.39. The van der Waals surface area contributed by atoms with Gasteiger partial charge < -0.3 is 15.5 Å². The molecule has 2 aliphatic heterocycles. The molecule has 2 heterocycles. The maximum Gasteiger partial charge on any atom is 0.228 e. The van der Waals surface area contributed by atoms with Crippen molar-refractivity contribution < 1.29 is 9.59 Å². The van der Waals surface area contributed by atoms with E-state index >= 15 is 0 Å². The Morgan fingerprint density at radius 1 is 1.29 bits per heavy atom. The number of aryl methyl sites for hydroxylation is 1. The molecule has 2 saturated heterocycles. The van der Waals surface area contributed by atoms with Crippen molar-refractivity contribution in [1.29, 1.82) is 0 Å². The Morgan fingerprint density at radius 3 is 2.67 bits per heavy atom. The minimum atomic E-state index is -0.208. The van der Waals surface area contributed by atoms with Gasteiger partial charge in [-0.15, -0.1) is 12.4 Å². The van der Waals surface area contributed by atoms with Crippen LogP contribution in [0, 0.1) is 12.8 Å². The van der Waals surface area contributed by atoms with E-state index in [9.17, 15) is 9.59 Å². The molecule has 2 unspecified atom stereocenters. The number of amides is 2. The lowest BCUT2D eigenvalue weighted by Gasteiger charge is -2.26. The molecule has 0 aromatic heterocycles. The zero-order valence-electron chi connectivity index (χ0n) is 14.1. The number of hydrogen-bond acceptors (Lipinski definition) is 3. The number of hydrogen-bond donors (Lipinski definition) is 1. The largest absolute Gasteiger partial charge is 0.338 e. The first-order valence-electron chi connectivity index (χ1n) is 8.42. The highest BCUT2D eigenvalue weighted by atomic mass is 35.5. The van der Waals surface area contributed by atoms with Gasteiger partial charge >= 0.3 is 0 Å². The topological polar surface area (TPSA) is 66.6 Å². The van der Waals surface area contributed by atoms with Gasteiger partial charge in [0.1, 0.15) is 0 Å². The fourth-order valence-electron chi connectivity index (χ4n) is 3.61. The molecule has 0 aliphatic carbocycles. The maximum absolute atomic E-state index is 12.7. The van der Waals surface area contributed by atoms with Gasteiger partial charge in [0.25, 0.3) is 0 Å². The first kappa shape index (κ1) is 18.7. The summed E-state index contributed by atoms with van der Waals surface area (Å²) in [6.45, 7) is 4.45. The predicted molar refractivity (Wildman–Crippen MR) is 95.7 cm³/mol. The van der Waals surface area contributed by atoms with E-state index in [1.54, 1.807) is 4.90 Å². The zero-order valence-corrected chi connectivity index (χ0v) is 14.9. The van der Waals surface area contributed by atoms with Gasteiger partial charge in [0.05, 0.1) is 5.92 Å². The fourth-order valence-corrected chi connectivity index (χ4v) is 3.61. The van der Waals surface area contributed by atoms with Crippen molar-refractivity contribution in [3.8, 4) is 0 Å². The van der Waals surface area contributed by atoms with Crippen LogP contribution in [0.2, 0.25) is 0 Å². The van der Waals surface area contributed by atoms with Gasteiger partial charge in [0, 0.05) is 38.6 Å². The lowest BCUT2D eigenvalue weighted by Crippen LogP contribution is -2.43. The monoisotopic (exact) mass is 351 g/mol. The van der Waals surface area contributed by atoms with E-state index in [1.165, 1.54) is 5.56 Å². The summed E-state index contributed by atoms with van der Waals surface area (Å²) < 4.78 is 0. The average molecular weight is 352 g/mol. The van der Waals surface area contributed by atoms with Crippen molar-refractivity contribution >= 4 is 24.2 Å². The molecule has 2 atom stereocenters. The first-order chi connectivity index (χ1) is 11.1. The Bertz CT molecular complexity index is 590. The third kappa shape index (κ3) is 3.90. The van der Waals surface area contributed by atoms with Crippen LogP contribution >= 0.6 is 12.4 Å². The lowest BCUT2D eigenvalue weighted by molar-refractivity contribution is -0.136. The SMILES string of the molecule is Cc1ccc(CN2CC(C(=O)N3CCCC3CN)CC2=O)cc1.Cl. The highest BCUT2D eigenvalue weighted by Crippen LogP contribution is 2.26. The summed E-state index contributed by atoms with van der Waals surface area (Å²) >= 11 is 0. The highest BCUT2D eigenvalue weighted by molar-refractivity contribution is 5.89. The molecule has 3 rings (SSSR count). The second-order valence-electron chi connectivity index (χ2n) is 6.72. The predicted octanol–water partition coefficient (Wildman–Crippen LogP) is 1.72. The van der Waals surface area contributed by atoms with Crippen molar-refractivity contribution in [2.45, 2.75) is 38.8 Å². The van der Waals surface area contributed by atoms with E-state index in [1.807, 2.05) is 24.0 Å². The zero-order chi connectivity index (χ0) is 16.4. The van der Waals surface area contributed by atoms with Gasteiger partial charge in [0.15, 0.2) is 0 Å². The fraction of sp³-hybridized carbons (Fsp3) is 0.556. The van der Waals surface area contributed by atoms with Gasteiger partial charge in [0.2, 0.25) is 11.8 Å². The maximum atomic E-state index is 12.7. The van der Waals surface area contributed by atoms with E-state index in [-0.39, 0.29) is 36.2 Å². The molecule has 0 bridgehead atoms. The van der Waals surface area contributed by atoms with Crippen LogP contribution in [0.25, 0.3) is 0 Å². The van der Waals surface area contributed by atoms with Crippen LogP contribution in [0.4, 0.5) is 0 Å². The Hall–Kier alpha value is -1.59. The molecule has 2 N–H and O–H groups in total. The first-order valence-corrected chi connectivity index (χ1v) is 8.42. The van der Waals surface area contributed by atoms with E-state index in [0.717, 1.165) is 24.9 Å². The summed E-state index contributed by atoms with van der Waals surface area (Å²) in [5, 5.41) is 0. The van der Waals surface area contributed by atoms with Gasteiger partial charge in [-0.05, 0) is 25.3 Å². The molecule has 1 aromatic rings. The number of nitrogens with zero attached hydrogens (tertiary/aromatic N) is 2. The molecule has 24 heavy (non-hydrogen) atoms. The molecule has 1 aromatic carbocycles. The van der Waals surface area contributed by atoms with Gasteiger partial charge in [-0.2, -0.15) is 0 Å². The quantitative estimate of drug-likeness (QED) is 0.898. The molecule has 0 spiro atoms. The van der Waals surface area contributed by atoms with Gasteiger partial charge in [-0.1, -0.05) is 29.8 Å². The Balaban J connectivity index is 0.00000208. The lowest BCUT2D eigenvalue weighted by atomic mass is 10.1. The van der Waals surface area contributed by atoms with Crippen molar-refractivity contribution in [2.24, 2.45) is 11.7 Å². The molecule has 0 saturated carbocycles. The van der Waals surface area contributed by atoms with E-state index in [0.29, 0.717) is 26.1 Å². The van der Waals surface area contributed by atoms with Crippen molar-refractivity contribution in [2.75, 3.05) is 19.6 Å². The number of halogens is 1. The van der Waals surface area contributed by atoms with E-state index in [2.05, 4.69) is 12.1 Å². The summed E-state index contributed by atoms with van der Waals surface area (Å²) in [6.07, 6.45) is 2.33. The Labute approximate surface area is 149 Å². The van der Waals surface area contributed by atoms with Crippen LogP contribution in [0.15, 0.2) is 24.3 Å². The molecule has 0 radical (unpaired) electrons. The minimum Gasteiger partial charge on any atom is -0.338 e. The Morgan fingerprint density at radius 2 is 2.00 bits per heavy atom. The molecular weight excluding hydrogens is 326 g/mol. The number of likely N-dealkylation sites (tertiary alicyclic amines) is 2. The molecular formula is C18H26ClN3O2. The second kappa shape index (κ2) is 7.99. The van der Waals surface area contributed by atoms with E-state index in [4.69, 9.17) is 5.73 Å². The van der Waals surface area contributed by atoms with E-state index < -0.39 is 0 Å². The number of rotatable bonds is 4. The smallest absolute Gasteiger partial charge is 0.228 e. The van der Waals surface area contributed by atoms with Gasteiger partial charge in [-0.25, -0.2) is 0 Å². The number of carbonyl (C=O) groups excluding carboxylic acids is 2. The summed E-state index contributed by atoms with van der Waals surface area (Å²) in [4.78, 5) is 28.7. The normalized spacial score (nSPS) is 23.5. The van der Waals surface area contributed by atoms with Crippen LogP contribution < -0.4 is 5.73 Å². The van der Waals surface area contributed by atoms with Crippen LogP contribution in [0.1, 0.15) is 30.4 Å². The third-order valence-corrected chi connectivity index (χ3v) is 4.99. The van der Waals surface area contributed by atoms with Crippen LogP contribution in [-0.2, 0) is 16.1 Å². The minimum absolute atomic E-state index is 0. The number of nitrogens with two attached hydrogens (primary N) is 1. The van der Waals surface area contributed by atoms with Crippen LogP contribution in [-0.4, -0.2) is 47.3 Å². The molecule has 5 nitrogen and oxygen atoms in total. The van der Waals surface area contributed by atoms with Crippen LogP contribution in [0.5, 0.6) is 0 Å². The third-order valence-electron chi connectivity index (χ3n) is 4.99. The summed E-state index contributed by atoms with van der Waals surface area (Å²) in [5.41, 5.74) is 8.07. The molecule has 2 fully saturated rings. The van der Waals surface area contributed by atoms with Crippen molar-refractivity contribution in [1.82, 2.24) is 9.80 Å². The summed E-state index contributed by atoms with van der Waals surface area (Å²) in [6, 6.07) is 8.35. The standard InChI is InChI=1S/C18H25N3O2.ClH/c1-13-4-6-14(7-5-13)11-20-12-15(9-17(20)22)18(23)21-8-2-3-16(21)10-19;/h4-7,15-16H,2-3,8-12,19H2,1H3;1H. The molecule has 6 heteroatoms. The summed E-state index contributed by atoms with van der Waals surface area (Å²) in [5.74, 6) is -0.0229.